The maximum absolute atomic E-state index is 12.4. The minimum Gasteiger partial charge on any atom is -0.497 e. The molecular weight excluding hydrogens is 286 g/mol. The van der Waals surface area contributed by atoms with Crippen LogP contribution >= 0.6 is 0 Å². The van der Waals surface area contributed by atoms with E-state index >= 15 is 0 Å². The van der Waals surface area contributed by atoms with Crippen LogP contribution in [0.5, 0.6) is 5.75 Å². The topological polar surface area (TPSA) is 42.1 Å². The zero-order valence-corrected chi connectivity index (χ0v) is 13.1. The number of aromatic amines is 1. The molecule has 0 aliphatic heterocycles. The molecule has 1 atom stereocenters. The maximum Gasteiger partial charge on any atom is 0.135 e. The lowest BCUT2D eigenvalue weighted by molar-refractivity contribution is -0.112. The molecule has 2 aromatic carbocycles. The first-order chi connectivity index (χ1) is 11.3. The third kappa shape index (κ3) is 2.07. The quantitative estimate of drug-likeness (QED) is 0.722. The van der Waals surface area contributed by atoms with Gasteiger partial charge < -0.3 is 14.5 Å². The molecular formula is C20H19NO2. The molecule has 3 nitrogen and oxygen atoms in total. The number of para-hydroxylation sites is 1. The van der Waals surface area contributed by atoms with Crippen LogP contribution in [0.2, 0.25) is 0 Å². The average molecular weight is 305 g/mol. The van der Waals surface area contributed by atoms with E-state index in [9.17, 15) is 4.79 Å². The number of hydrogen-bond acceptors (Lipinski definition) is 2. The normalized spacial score (nSPS) is 16.9. The van der Waals surface area contributed by atoms with E-state index in [4.69, 9.17) is 4.74 Å². The molecule has 116 valence electrons. The number of ether oxygens (including phenoxy) is 1. The molecule has 1 aliphatic rings. The third-order valence-electron chi connectivity index (χ3n) is 5.01. The van der Waals surface area contributed by atoms with Crippen LogP contribution in [0.25, 0.3) is 10.9 Å². The first-order valence-electron chi connectivity index (χ1n) is 7.97. The van der Waals surface area contributed by atoms with Crippen molar-refractivity contribution in [3.05, 3.63) is 65.9 Å². The summed E-state index contributed by atoms with van der Waals surface area (Å²) in [6.45, 7) is 0. The molecule has 1 heterocycles. The number of aromatic nitrogens is 1. The van der Waals surface area contributed by atoms with E-state index in [0.717, 1.165) is 46.9 Å². The molecule has 3 heteroatoms. The largest absolute Gasteiger partial charge is 0.497 e. The van der Waals surface area contributed by atoms with E-state index in [1.165, 1.54) is 0 Å². The summed E-state index contributed by atoms with van der Waals surface area (Å²) in [6, 6.07) is 16.1. The number of carbonyl (C=O) groups excluding carboxylic acids is 1. The molecule has 1 aromatic heterocycles. The highest BCUT2D eigenvalue weighted by atomic mass is 16.5. The van der Waals surface area contributed by atoms with Crippen LogP contribution in [-0.4, -0.2) is 18.4 Å². The van der Waals surface area contributed by atoms with Gasteiger partial charge >= 0.3 is 0 Å². The van der Waals surface area contributed by atoms with Gasteiger partial charge in [-0.25, -0.2) is 0 Å². The second-order valence-corrected chi connectivity index (χ2v) is 6.24. The molecule has 1 aliphatic carbocycles. The summed E-state index contributed by atoms with van der Waals surface area (Å²) >= 11 is 0. The van der Waals surface area contributed by atoms with Crippen molar-refractivity contribution < 1.29 is 9.53 Å². The molecule has 1 fully saturated rings. The second-order valence-electron chi connectivity index (χ2n) is 6.24. The van der Waals surface area contributed by atoms with Gasteiger partial charge in [0.1, 0.15) is 12.0 Å². The van der Waals surface area contributed by atoms with Crippen LogP contribution in [0.1, 0.15) is 24.0 Å². The van der Waals surface area contributed by atoms with E-state index in [0.29, 0.717) is 5.92 Å². The number of H-pyrrole nitrogens is 1. The molecule has 0 radical (unpaired) electrons. The molecule has 0 saturated heterocycles. The van der Waals surface area contributed by atoms with Crippen molar-refractivity contribution in [2.45, 2.75) is 18.3 Å². The lowest BCUT2D eigenvalue weighted by atomic mass is 9.71. The minimum absolute atomic E-state index is 0.368. The number of methoxy groups -OCH3 is 1. The molecule has 23 heavy (non-hydrogen) atoms. The summed E-state index contributed by atoms with van der Waals surface area (Å²) in [5, 5.41) is 1.13. The van der Waals surface area contributed by atoms with E-state index < -0.39 is 5.41 Å². The highest BCUT2D eigenvalue weighted by Gasteiger charge is 2.49. The number of aldehydes is 1. The van der Waals surface area contributed by atoms with Gasteiger partial charge in [-0.3, -0.25) is 0 Å². The smallest absolute Gasteiger partial charge is 0.135 e. The molecule has 0 unspecified atom stereocenters. The Bertz CT molecular complexity index is 845. The molecule has 0 spiro atoms. The zero-order chi connectivity index (χ0) is 15.9. The summed E-state index contributed by atoms with van der Waals surface area (Å²) in [6.07, 6.45) is 5.32. The van der Waals surface area contributed by atoms with Gasteiger partial charge in [-0.2, -0.15) is 0 Å². The number of nitrogens with one attached hydrogen (secondary N) is 1. The van der Waals surface area contributed by atoms with Crippen LogP contribution in [-0.2, 0) is 10.2 Å². The van der Waals surface area contributed by atoms with Crippen molar-refractivity contribution in [1.29, 1.82) is 0 Å². The van der Waals surface area contributed by atoms with Crippen LogP contribution in [0, 0.1) is 5.92 Å². The van der Waals surface area contributed by atoms with E-state index in [-0.39, 0.29) is 0 Å². The van der Waals surface area contributed by atoms with Gasteiger partial charge in [-0.05, 0) is 48.1 Å². The fourth-order valence-electron chi connectivity index (χ4n) is 3.66. The maximum atomic E-state index is 12.4. The predicted molar refractivity (Wildman–Crippen MR) is 90.9 cm³/mol. The van der Waals surface area contributed by atoms with Crippen molar-refractivity contribution in [3.63, 3.8) is 0 Å². The Morgan fingerprint density at radius 3 is 2.52 bits per heavy atom. The van der Waals surface area contributed by atoms with E-state index in [1.54, 1.807) is 7.11 Å². The van der Waals surface area contributed by atoms with Crippen LogP contribution < -0.4 is 4.74 Å². The lowest BCUT2D eigenvalue weighted by Gasteiger charge is -2.29. The van der Waals surface area contributed by atoms with Gasteiger partial charge in [0, 0.05) is 17.1 Å². The average Bonchev–Trinajstić information content (AvgIpc) is 3.37. The Hall–Kier alpha value is -2.55. The standard InChI is InChI=1S/C20H19NO2/c1-23-16-10-8-15(9-11-16)20(13-22,14-6-7-14)18-12-21-19-5-3-2-4-17(18)19/h2-5,8-14,21H,6-7H2,1H3/t20-/m1/s1. The van der Waals surface area contributed by atoms with Crippen molar-refractivity contribution in [2.24, 2.45) is 5.92 Å². The van der Waals surface area contributed by atoms with Crippen LogP contribution in [0.3, 0.4) is 0 Å². The number of fused-ring (bicyclic) bond motifs is 1. The number of hydrogen-bond donors (Lipinski definition) is 1. The highest BCUT2D eigenvalue weighted by molar-refractivity contribution is 5.91. The number of carbonyl (C=O) groups is 1. The van der Waals surface area contributed by atoms with Gasteiger partial charge in [0.15, 0.2) is 0 Å². The van der Waals surface area contributed by atoms with Gasteiger partial charge in [0.2, 0.25) is 0 Å². The van der Waals surface area contributed by atoms with Gasteiger partial charge in [0.05, 0.1) is 12.5 Å². The molecule has 1 N–H and O–H groups in total. The Labute approximate surface area is 135 Å². The SMILES string of the molecule is COc1ccc([C@](C=O)(c2c[nH]c3ccccc23)C2CC2)cc1. The van der Waals surface area contributed by atoms with Crippen LogP contribution in [0.15, 0.2) is 54.7 Å². The van der Waals surface area contributed by atoms with Crippen molar-refractivity contribution in [3.8, 4) is 5.75 Å². The number of rotatable bonds is 5. The molecule has 0 bridgehead atoms. The lowest BCUT2D eigenvalue weighted by Crippen LogP contribution is -2.32. The van der Waals surface area contributed by atoms with Crippen molar-refractivity contribution in [1.82, 2.24) is 4.98 Å². The molecule has 4 rings (SSSR count). The zero-order valence-electron chi connectivity index (χ0n) is 13.1. The Balaban J connectivity index is 1.94. The van der Waals surface area contributed by atoms with Gasteiger partial charge in [-0.1, -0.05) is 30.3 Å². The Morgan fingerprint density at radius 2 is 1.87 bits per heavy atom. The summed E-state index contributed by atoms with van der Waals surface area (Å²) in [4.78, 5) is 15.7. The minimum atomic E-state index is -0.578. The first kappa shape index (κ1) is 14.1. The fraction of sp³-hybridized carbons (Fsp3) is 0.250. The third-order valence-corrected chi connectivity index (χ3v) is 5.01. The van der Waals surface area contributed by atoms with E-state index in [2.05, 4.69) is 17.1 Å². The van der Waals surface area contributed by atoms with Gasteiger partial charge in [0.25, 0.3) is 0 Å². The monoisotopic (exact) mass is 305 g/mol. The second kappa shape index (κ2) is 5.27. The van der Waals surface area contributed by atoms with Crippen LogP contribution in [0.4, 0.5) is 0 Å². The summed E-state index contributed by atoms with van der Waals surface area (Å²) < 4.78 is 5.26. The molecule has 1 saturated carbocycles. The van der Waals surface area contributed by atoms with Crippen molar-refractivity contribution in [2.75, 3.05) is 7.11 Å². The van der Waals surface area contributed by atoms with Gasteiger partial charge in [-0.15, -0.1) is 0 Å². The fourth-order valence-corrected chi connectivity index (χ4v) is 3.66. The van der Waals surface area contributed by atoms with Crippen molar-refractivity contribution >= 4 is 17.2 Å². The predicted octanol–water partition coefficient (Wildman–Crippen LogP) is 4.07. The van der Waals surface area contributed by atoms with E-state index in [1.807, 2.05) is 42.6 Å². The Morgan fingerprint density at radius 1 is 1.13 bits per heavy atom. The summed E-state index contributed by atoms with van der Waals surface area (Å²) in [5.74, 6) is 1.18. The molecule has 0 amide bonds. The summed E-state index contributed by atoms with van der Waals surface area (Å²) in [5.41, 5.74) is 2.62. The Kier molecular flexibility index (Phi) is 3.22. The number of benzene rings is 2. The highest BCUT2D eigenvalue weighted by Crippen LogP contribution is 2.51. The molecule has 3 aromatic rings. The first-order valence-corrected chi connectivity index (χ1v) is 7.97. The summed E-state index contributed by atoms with van der Waals surface area (Å²) in [7, 11) is 1.66.